The number of ether oxygens (including phenoxy) is 1. The number of aryl methyl sites for hydroxylation is 1. The number of hydrogen-bond donors (Lipinski definition) is 3. The van der Waals surface area contributed by atoms with Crippen LogP contribution in [0.1, 0.15) is 13.8 Å². The Balaban J connectivity index is 1.50. The molecule has 2 atom stereocenters. The molecule has 3 N–H and O–H groups in total. The average molecular weight is 513 g/mol. The van der Waals surface area contributed by atoms with Crippen molar-refractivity contribution in [3.63, 3.8) is 0 Å². The van der Waals surface area contributed by atoms with Crippen molar-refractivity contribution in [3.8, 4) is 17.0 Å². The maximum absolute atomic E-state index is 12.3. The highest BCUT2D eigenvalue weighted by Crippen LogP contribution is 2.39. The zero-order valence-electron chi connectivity index (χ0n) is 22.0. The van der Waals surface area contributed by atoms with Crippen molar-refractivity contribution in [1.29, 1.82) is 0 Å². The highest BCUT2D eigenvalue weighted by atomic mass is 16.5. The van der Waals surface area contributed by atoms with E-state index in [4.69, 9.17) is 4.74 Å². The van der Waals surface area contributed by atoms with Gasteiger partial charge in [0, 0.05) is 55.3 Å². The number of hydrogen-bond acceptors (Lipinski definition) is 8. The molecule has 0 spiro atoms. The molecule has 1 saturated heterocycles. The Hall–Kier alpha value is -4.44. The molecule has 1 aliphatic heterocycles. The van der Waals surface area contributed by atoms with E-state index in [2.05, 4.69) is 62.4 Å². The summed E-state index contributed by atoms with van der Waals surface area (Å²) in [6.45, 7) is 9.50. The van der Waals surface area contributed by atoms with Gasteiger partial charge in [-0.3, -0.25) is 9.48 Å². The summed E-state index contributed by atoms with van der Waals surface area (Å²) in [6, 6.07) is 12.4. The maximum Gasteiger partial charge on any atom is 0.247 e. The number of anilines is 4. The van der Waals surface area contributed by atoms with Gasteiger partial charge in [0.25, 0.3) is 0 Å². The molecule has 196 valence electrons. The third kappa shape index (κ3) is 5.16. The van der Waals surface area contributed by atoms with Crippen LogP contribution in [0.2, 0.25) is 0 Å². The lowest BCUT2D eigenvalue weighted by Gasteiger charge is -2.38. The van der Waals surface area contributed by atoms with Gasteiger partial charge in [0.15, 0.2) is 0 Å². The molecular weight excluding hydrogens is 480 g/mol. The normalized spacial score (nSPS) is 17.3. The second kappa shape index (κ2) is 10.5. The molecule has 1 aliphatic rings. The van der Waals surface area contributed by atoms with Crippen LogP contribution in [0.5, 0.6) is 5.75 Å². The second-order valence-corrected chi connectivity index (χ2v) is 9.59. The van der Waals surface area contributed by atoms with E-state index in [0.717, 1.165) is 40.9 Å². The van der Waals surface area contributed by atoms with Gasteiger partial charge in [-0.1, -0.05) is 18.7 Å². The predicted octanol–water partition coefficient (Wildman–Crippen LogP) is 4.09. The fourth-order valence-electron chi connectivity index (χ4n) is 4.93. The topological polar surface area (TPSA) is 109 Å². The van der Waals surface area contributed by atoms with E-state index in [1.165, 1.54) is 12.4 Å². The monoisotopic (exact) mass is 512 g/mol. The minimum Gasteiger partial charge on any atom is -0.494 e. The maximum atomic E-state index is 12.3. The number of carbonyl (C=O) groups excluding carboxylic acids is 1. The molecule has 0 radical (unpaired) electrons. The molecule has 4 aromatic rings. The highest BCUT2D eigenvalue weighted by Gasteiger charge is 2.25. The standard InChI is InChI=1S/C28H32N8O2/c1-6-28(37)34-22-10-23(26(38-5)12-25(22)36-14-17(2)32-18(3)15-36)33-27-11-21(29-16-30-27)19-7-8-20-13-31-35(4)24(20)9-19/h6-13,16-18,32H,1,14-15H2,2-5H3,(H,34,37)(H,29,30,33)/t17-,18+. The molecule has 1 amide bonds. The molecule has 0 bridgehead atoms. The second-order valence-electron chi connectivity index (χ2n) is 9.59. The molecular formula is C28H32N8O2. The SMILES string of the molecule is C=CC(=O)Nc1cc(Nc2cc(-c3ccc4cnn(C)c4c3)ncn2)c(OC)cc1N1C[C@@H](C)N[C@@H](C)C1. The summed E-state index contributed by atoms with van der Waals surface area (Å²) in [5.41, 5.74) is 4.96. The Kier molecular flexibility index (Phi) is 6.97. The third-order valence-electron chi connectivity index (χ3n) is 6.63. The van der Waals surface area contributed by atoms with Crippen LogP contribution in [0, 0.1) is 0 Å². The Morgan fingerprint density at radius 2 is 1.92 bits per heavy atom. The first kappa shape index (κ1) is 25.2. The van der Waals surface area contributed by atoms with Gasteiger partial charge in [0.1, 0.15) is 17.9 Å². The fraction of sp³-hybridized carbons (Fsp3) is 0.286. The van der Waals surface area contributed by atoms with Crippen molar-refractivity contribution in [2.75, 3.05) is 35.7 Å². The zero-order chi connectivity index (χ0) is 26.8. The van der Waals surface area contributed by atoms with Crippen LogP contribution in [0.25, 0.3) is 22.2 Å². The van der Waals surface area contributed by atoms with Crippen molar-refractivity contribution in [2.24, 2.45) is 7.05 Å². The van der Waals surface area contributed by atoms with Crippen LogP contribution in [0.15, 0.2) is 61.6 Å². The van der Waals surface area contributed by atoms with Gasteiger partial charge in [-0.25, -0.2) is 9.97 Å². The Labute approximate surface area is 221 Å². The van der Waals surface area contributed by atoms with Gasteiger partial charge in [-0.05, 0) is 32.1 Å². The molecule has 10 nitrogen and oxygen atoms in total. The third-order valence-corrected chi connectivity index (χ3v) is 6.63. The molecule has 2 aromatic heterocycles. The first-order chi connectivity index (χ1) is 18.3. The lowest BCUT2D eigenvalue weighted by atomic mass is 10.1. The van der Waals surface area contributed by atoms with Crippen LogP contribution < -0.4 is 25.6 Å². The van der Waals surface area contributed by atoms with E-state index in [0.29, 0.717) is 35.0 Å². The highest BCUT2D eigenvalue weighted by molar-refractivity contribution is 6.02. The van der Waals surface area contributed by atoms with Crippen molar-refractivity contribution in [2.45, 2.75) is 25.9 Å². The van der Waals surface area contributed by atoms with Gasteiger partial charge < -0.3 is 25.6 Å². The van der Waals surface area contributed by atoms with Crippen molar-refractivity contribution < 1.29 is 9.53 Å². The Bertz CT molecular complexity index is 1490. The molecule has 0 saturated carbocycles. The number of fused-ring (bicyclic) bond motifs is 1. The van der Waals surface area contributed by atoms with Gasteiger partial charge in [-0.15, -0.1) is 0 Å². The minimum absolute atomic E-state index is 0.284. The van der Waals surface area contributed by atoms with Gasteiger partial charge >= 0.3 is 0 Å². The summed E-state index contributed by atoms with van der Waals surface area (Å²) in [5.74, 6) is 0.942. The molecule has 3 heterocycles. The van der Waals surface area contributed by atoms with Crippen molar-refractivity contribution >= 4 is 39.7 Å². The number of carbonyl (C=O) groups is 1. The number of nitrogens with zero attached hydrogens (tertiary/aromatic N) is 5. The molecule has 1 fully saturated rings. The van der Waals surface area contributed by atoms with Gasteiger partial charge in [0.05, 0.1) is 41.6 Å². The van der Waals surface area contributed by atoms with Crippen molar-refractivity contribution in [3.05, 3.63) is 61.6 Å². The van der Waals surface area contributed by atoms with Crippen LogP contribution in [-0.4, -0.2) is 57.9 Å². The molecule has 0 unspecified atom stereocenters. The van der Waals surface area contributed by atoms with Crippen LogP contribution in [0.4, 0.5) is 22.9 Å². The Morgan fingerprint density at radius 1 is 1.13 bits per heavy atom. The van der Waals surface area contributed by atoms with Gasteiger partial charge in [-0.2, -0.15) is 5.10 Å². The smallest absolute Gasteiger partial charge is 0.247 e. The van der Waals surface area contributed by atoms with E-state index in [-0.39, 0.29) is 5.91 Å². The zero-order valence-corrected chi connectivity index (χ0v) is 22.0. The minimum atomic E-state index is -0.284. The Morgan fingerprint density at radius 3 is 2.66 bits per heavy atom. The number of amides is 1. The number of piperazine rings is 1. The largest absolute Gasteiger partial charge is 0.494 e. The van der Waals surface area contributed by atoms with E-state index < -0.39 is 0 Å². The summed E-state index contributed by atoms with van der Waals surface area (Å²) < 4.78 is 7.60. The number of methoxy groups -OCH3 is 1. The van der Waals surface area contributed by atoms with Crippen molar-refractivity contribution in [1.82, 2.24) is 25.1 Å². The molecule has 38 heavy (non-hydrogen) atoms. The molecule has 2 aromatic carbocycles. The summed E-state index contributed by atoms with van der Waals surface area (Å²) in [6.07, 6.45) is 4.63. The number of aromatic nitrogens is 4. The van der Waals surface area contributed by atoms with Crippen LogP contribution >= 0.6 is 0 Å². The molecule has 10 heteroatoms. The summed E-state index contributed by atoms with van der Waals surface area (Å²) >= 11 is 0. The van der Waals surface area contributed by atoms with Crippen LogP contribution in [0.3, 0.4) is 0 Å². The summed E-state index contributed by atoms with van der Waals surface area (Å²) in [4.78, 5) is 23.5. The first-order valence-corrected chi connectivity index (χ1v) is 12.5. The van der Waals surface area contributed by atoms with Gasteiger partial charge in [0.2, 0.25) is 5.91 Å². The quantitative estimate of drug-likeness (QED) is 0.318. The number of nitrogens with one attached hydrogen (secondary N) is 3. The van der Waals surface area contributed by atoms with Crippen LogP contribution in [-0.2, 0) is 11.8 Å². The van der Waals surface area contributed by atoms with E-state index >= 15 is 0 Å². The lowest BCUT2D eigenvalue weighted by molar-refractivity contribution is -0.111. The number of rotatable bonds is 7. The predicted molar refractivity (Wildman–Crippen MR) is 151 cm³/mol. The van der Waals surface area contributed by atoms with E-state index in [1.807, 2.05) is 48.3 Å². The molecule has 5 rings (SSSR count). The lowest BCUT2D eigenvalue weighted by Crippen LogP contribution is -2.54. The first-order valence-electron chi connectivity index (χ1n) is 12.5. The average Bonchev–Trinajstić information content (AvgIpc) is 3.28. The fourth-order valence-corrected chi connectivity index (χ4v) is 4.93. The molecule has 0 aliphatic carbocycles. The summed E-state index contributed by atoms with van der Waals surface area (Å²) in [7, 11) is 3.54. The van der Waals surface area contributed by atoms with E-state index in [1.54, 1.807) is 7.11 Å². The van der Waals surface area contributed by atoms with E-state index in [9.17, 15) is 4.79 Å². The number of benzene rings is 2. The summed E-state index contributed by atoms with van der Waals surface area (Å²) in [5, 5.41) is 15.3.